The van der Waals surface area contributed by atoms with E-state index < -0.39 is 0 Å². The molecule has 90 valence electrons. The first-order valence-electron chi connectivity index (χ1n) is 5.38. The van der Waals surface area contributed by atoms with Crippen molar-refractivity contribution in [3.8, 4) is 0 Å². The molecular formula is C12H18FIN2. The molecule has 3 N–H and O–H groups in total. The average molecular weight is 336 g/mol. The molecule has 4 heteroatoms. The topological polar surface area (TPSA) is 38.0 Å². The minimum absolute atomic E-state index is 0.0674. The second-order valence-electron chi connectivity index (χ2n) is 4.61. The Labute approximate surface area is 110 Å². The fourth-order valence-corrected chi connectivity index (χ4v) is 2.21. The van der Waals surface area contributed by atoms with Crippen LogP contribution in [0.25, 0.3) is 0 Å². The van der Waals surface area contributed by atoms with Gasteiger partial charge in [0, 0.05) is 11.6 Å². The zero-order valence-corrected chi connectivity index (χ0v) is 12.1. The van der Waals surface area contributed by atoms with Gasteiger partial charge in [0.05, 0.1) is 14.9 Å². The molecule has 0 heterocycles. The lowest BCUT2D eigenvalue weighted by molar-refractivity contribution is 0.510. The molecule has 0 aliphatic heterocycles. The van der Waals surface area contributed by atoms with Crippen LogP contribution in [0, 0.1) is 9.39 Å². The van der Waals surface area contributed by atoms with Gasteiger partial charge in [-0.1, -0.05) is 13.3 Å². The van der Waals surface area contributed by atoms with Crippen molar-refractivity contribution in [1.82, 2.24) is 0 Å². The van der Waals surface area contributed by atoms with E-state index in [1.54, 1.807) is 6.07 Å². The zero-order valence-electron chi connectivity index (χ0n) is 9.90. The van der Waals surface area contributed by atoms with Crippen LogP contribution < -0.4 is 11.1 Å². The molecule has 0 amide bonds. The molecule has 1 rings (SSSR count). The lowest BCUT2D eigenvalue weighted by Crippen LogP contribution is -2.30. The summed E-state index contributed by atoms with van der Waals surface area (Å²) in [6, 6.07) is 3.12. The van der Waals surface area contributed by atoms with Crippen molar-refractivity contribution in [2.24, 2.45) is 0 Å². The van der Waals surface area contributed by atoms with E-state index in [2.05, 4.69) is 26.1 Å². The van der Waals surface area contributed by atoms with Crippen LogP contribution in [-0.2, 0) is 0 Å². The van der Waals surface area contributed by atoms with E-state index >= 15 is 0 Å². The number of nitrogens with one attached hydrogen (secondary N) is 1. The first-order chi connectivity index (χ1) is 7.35. The molecule has 1 aromatic rings. The quantitative estimate of drug-likeness (QED) is 0.644. The van der Waals surface area contributed by atoms with E-state index in [1.807, 2.05) is 22.6 Å². The maximum atomic E-state index is 13.4. The van der Waals surface area contributed by atoms with Gasteiger partial charge in [-0.05, 0) is 48.9 Å². The number of nitrogens with two attached hydrogens (primary N) is 1. The monoisotopic (exact) mass is 336 g/mol. The van der Waals surface area contributed by atoms with E-state index in [-0.39, 0.29) is 11.4 Å². The van der Waals surface area contributed by atoms with Gasteiger partial charge in [-0.15, -0.1) is 0 Å². The third-order valence-electron chi connectivity index (χ3n) is 2.44. The van der Waals surface area contributed by atoms with E-state index in [4.69, 9.17) is 5.73 Å². The van der Waals surface area contributed by atoms with Crippen LogP contribution >= 0.6 is 22.6 Å². The summed E-state index contributed by atoms with van der Waals surface area (Å²) in [5.41, 5.74) is 7.06. The molecule has 0 spiro atoms. The molecule has 0 saturated heterocycles. The van der Waals surface area contributed by atoms with Crippen molar-refractivity contribution >= 4 is 34.0 Å². The van der Waals surface area contributed by atoms with Gasteiger partial charge in [0.1, 0.15) is 5.82 Å². The number of benzene rings is 1. The van der Waals surface area contributed by atoms with Crippen LogP contribution in [0.2, 0.25) is 0 Å². The average Bonchev–Trinajstić information content (AvgIpc) is 2.13. The lowest BCUT2D eigenvalue weighted by atomic mass is 9.98. The molecule has 1 aromatic carbocycles. The highest BCUT2D eigenvalue weighted by Gasteiger charge is 2.18. The highest BCUT2D eigenvalue weighted by Crippen LogP contribution is 2.28. The van der Waals surface area contributed by atoms with Crippen LogP contribution in [0.15, 0.2) is 12.1 Å². The SMILES string of the molecule is CCCC(C)(C)Nc1cc(F)c(I)cc1N. The van der Waals surface area contributed by atoms with E-state index in [9.17, 15) is 4.39 Å². The third-order valence-corrected chi connectivity index (χ3v) is 3.27. The summed E-state index contributed by atoms with van der Waals surface area (Å²) >= 11 is 1.94. The van der Waals surface area contributed by atoms with Crippen molar-refractivity contribution in [3.05, 3.63) is 21.5 Å². The molecule has 0 radical (unpaired) electrons. The van der Waals surface area contributed by atoms with Crippen LogP contribution in [0.5, 0.6) is 0 Å². The Morgan fingerprint density at radius 1 is 1.44 bits per heavy atom. The molecule has 0 aliphatic rings. The van der Waals surface area contributed by atoms with Crippen molar-refractivity contribution in [3.63, 3.8) is 0 Å². The van der Waals surface area contributed by atoms with Crippen LogP contribution in [-0.4, -0.2) is 5.54 Å². The molecule has 0 fully saturated rings. The summed E-state index contributed by atoms with van der Waals surface area (Å²) in [6.45, 7) is 6.30. The summed E-state index contributed by atoms with van der Waals surface area (Å²) in [4.78, 5) is 0. The van der Waals surface area contributed by atoms with E-state index in [1.165, 1.54) is 6.07 Å². The van der Waals surface area contributed by atoms with Gasteiger partial charge < -0.3 is 11.1 Å². The maximum absolute atomic E-state index is 13.4. The minimum atomic E-state index is -0.232. The molecule has 0 bridgehead atoms. The molecular weight excluding hydrogens is 318 g/mol. The summed E-state index contributed by atoms with van der Waals surface area (Å²) < 4.78 is 14.0. The number of rotatable bonds is 4. The first kappa shape index (κ1) is 13.5. The second-order valence-corrected chi connectivity index (χ2v) is 5.77. The fraction of sp³-hybridized carbons (Fsp3) is 0.500. The van der Waals surface area contributed by atoms with Gasteiger partial charge in [-0.3, -0.25) is 0 Å². The van der Waals surface area contributed by atoms with Crippen molar-refractivity contribution in [1.29, 1.82) is 0 Å². The number of halogens is 2. The van der Waals surface area contributed by atoms with Crippen molar-refractivity contribution < 1.29 is 4.39 Å². The van der Waals surface area contributed by atoms with Gasteiger partial charge in [0.25, 0.3) is 0 Å². The Hall–Kier alpha value is -0.520. The van der Waals surface area contributed by atoms with Crippen molar-refractivity contribution in [2.75, 3.05) is 11.1 Å². The summed E-state index contributed by atoms with van der Waals surface area (Å²) in [5.74, 6) is -0.232. The van der Waals surface area contributed by atoms with Gasteiger partial charge in [-0.25, -0.2) is 4.39 Å². The van der Waals surface area contributed by atoms with Gasteiger partial charge in [-0.2, -0.15) is 0 Å². The fourth-order valence-electron chi connectivity index (χ4n) is 1.72. The minimum Gasteiger partial charge on any atom is -0.397 e. The molecule has 0 aliphatic carbocycles. The normalized spacial score (nSPS) is 11.6. The third kappa shape index (κ3) is 3.50. The largest absolute Gasteiger partial charge is 0.397 e. The Morgan fingerprint density at radius 2 is 2.06 bits per heavy atom. The molecule has 0 atom stereocenters. The van der Waals surface area contributed by atoms with Crippen LogP contribution in [0.1, 0.15) is 33.6 Å². The number of hydrogen-bond acceptors (Lipinski definition) is 2. The lowest BCUT2D eigenvalue weighted by Gasteiger charge is -2.28. The zero-order chi connectivity index (χ0) is 12.3. The first-order valence-corrected chi connectivity index (χ1v) is 6.46. The van der Waals surface area contributed by atoms with E-state index in [0.717, 1.165) is 12.8 Å². The molecule has 0 aromatic heterocycles. The standard InChI is InChI=1S/C12H18FIN2/c1-4-5-12(2,3)16-11-6-8(13)9(14)7-10(11)15/h6-7,16H,4-5,15H2,1-3H3. The number of anilines is 2. The number of nitrogen functional groups attached to an aromatic ring is 1. The van der Waals surface area contributed by atoms with Gasteiger partial charge in [0.2, 0.25) is 0 Å². The smallest absolute Gasteiger partial charge is 0.138 e. The predicted octanol–water partition coefficient (Wildman–Crippen LogP) is 4.00. The Kier molecular flexibility index (Phi) is 4.41. The second kappa shape index (κ2) is 5.21. The number of hydrogen-bond donors (Lipinski definition) is 2. The highest BCUT2D eigenvalue weighted by molar-refractivity contribution is 14.1. The van der Waals surface area contributed by atoms with Crippen molar-refractivity contribution in [2.45, 2.75) is 39.2 Å². The predicted molar refractivity (Wildman–Crippen MR) is 76.1 cm³/mol. The molecule has 2 nitrogen and oxygen atoms in total. The van der Waals surface area contributed by atoms with E-state index in [0.29, 0.717) is 14.9 Å². The molecule has 0 saturated carbocycles. The Balaban J connectivity index is 2.93. The summed E-state index contributed by atoms with van der Waals surface area (Å²) in [6.07, 6.45) is 2.09. The van der Waals surface area contributed by atoms with Gasteiger partial charge >= 0.3 is 0 Å². The Morgan fingerprint density at radius 3 is 2.62 bits per heavy atom. The Bertz CT molecular complexity index is 378. The highest BCUT2D eigenvalue weighted by atomic mass is 127. The molecule has 0 unspecified atom stereocenters. The molecule has 16 heavy (non-hydrogen) atoms. The van der Waals surface area contributed by atoms with Crippen LogP contribution in [0.3, 0.4) is 0 Å². The summed E-state index contributed by atoms with van der Waals surface area (Å²) in [7, 11) is 0. The summed E-state index contributed by atoms with van der Waals surface area (Å²) in [5, 5.41) is 3.29. The van der Waals surface area contributed by atoms with Gasteiger partial charge in [0.15, 0.2) is 0 Å². The maximum Gasteiger partial charge on any atom is 0.138 e. The van der Waals surface area contributed by atoms with Crippen LogP contribution in [0.4, 0.5) is 15.8 Å².